The zero-order valence-electron chi connectivity index (χ0n) is 11.7. The molecule has 2 rings (SSSR count). The van der Waals surface area contributed by atoms with Gasteiger partial charge in [-0.2, -0.15) is 0 Å². The number of terminal acetylenes is 1. The van der Waals surface area contributed by atoms with Crippen molar-refractivity contribution in [2.75, 3.05) is 37.6 Å². The molecule has 0 aromatic heterocycles. The Kier molecular flexibility index (Phi) is 5.03. The number of unbranched alkanes of at least 4 members (excludes halogenated alkanes) is 1. The molecule has 20 heavy (non-hydrogen) atoms. The van der Waals surface area contributed by atoms with E-state index in [1.807, 2.05) is 12.1 Å². The predicted octanol–water partition coefficient (Wildman–Crippen LogP) is 1.32. The summed E-state index contributed by atoms with van der Waals surface area (Å²) in [6.45, 7) is 5.21. The van der Waals surface area contributed by atoms with Crippen LogP contribution in [0, 0.1) is 12.3 Å². The molecule has 1 fully saturated rings. The van der Waals surface area contributed by atoms with Gasteiger partial charge in [0.2, 0.25) is 5.91 Å². The smallest absolute Gasteiger partial charge is 0.248 e. The normalized spacial score (nSPS) is 15.8. The molecule has 0 aliphatic carbocycles. The number of hydrogen-bond donors (Lipinski definition) is 1. The fourth-order valence-corrected chi connectivity index (χ4v) is 2.47. The first-order chi connectivity index (χ1) is 9.70. The highest BCUT2D eigenvalue weighted by atomic mass is 16.1. The SMILES string of the molecule is C#CCCCN1CCN(c2ccc(C(N)=O)cc2)CC1. The number of carbonyl (C=O) groups is 1. The third kappa shape index (κ3) is 3.75. The van der Waals surface area contributed by atoms with Crippen LogP contribution in [0.5, 0.6) is 0 Å². The van der Waals surface area contributed by atoms with Crippen LogP contribution < -0.4 is 10.6 Å². The van der Waals surface area contributed by atoms with Gasteiger partial charge in [-0.15, -0.1) is 12.3 Å². The van der Waals surface area contributed by atoms with Crippen molar-refractivity contribution in [3.05, 3.63) is 29.8 Å². The molecule has 0 atom stereocenters. The summed E-state index contributed by atoms with van der Waals surface area (Å²) in [4.78, 5) is 15.8. The second kappa shape index (κ2) is 6.97. The average Bonchev–Trinajstić information content (AvgIpc) is 2.48. The van der Waals surface area contributed by atoms with Gasteiger partial charge in [-0.3, -0.25) is 9.69 Å². The Morgan fingerprint density at radius 1 is 1.20 bits per heavy atom. The van der Waals surface area contributed by atoms with E-state index in [2.05, 4.69) is 15.7 Å². The number of nitrogens with zero attached hydrogens (tertiary/aromatic N) is 2. The first-order valence-corrected chi connectivity index (χ1v) is 7.01. The number of carbonyl (C=O) groups excluding carboxylic acids is 1. The standard InChI is InChI=1S/C16H21N3O/c1-2-3-4-9-18-10-12-19(13-11-18)15-7-5-14(6-8-15)16(17)20/h1,5-8H,3-4,9-13H2,(H2,17,20). The summed E-state index contributed by atoms with van der Waals surface area (Å²) in [7, 11) is 0. The number of rotatable bonds is 5. The largest absolute Gasteiger partial charge is 0.369 e. The van der Waals surface area contributed by atoms with Gasteiger partial charge in [0.1, 0.15) is 0 Å². The summed E-state index contributed by atoms with van der Waals surface area (Å²) >= 11 is 0. The molecule has 0 saturated carbocycles. The van der Waals surface area contributed by atoms with Crippen LogP contribution >= 0.6 is 0 Å². The number of amides is 1. The molecule has 1 heterocycles. The summed E-state index contributed by atoms with van der Waals surface area (Å²) in [6.07, 6.45) is 7.20. The Morgan fingerprint density at radius 2 is 1.85 bits per heavy atom. The molecule has 1 aliphatic rings. The maximum Gasteiger partial charge on any atom is 0.248 e. The molecule has 2 N–H and O–H groups in total. The average molecular weight is 271 g/mol. The summed E-state index contributed by atoms with van der Waals surface area (Å²) in [5.41, 5.74) is 6.95. The molecule has 0 unspecified atom stereocenters. The topological polar surface area (TPSA) is 49.6 Å². The van der Waals surface area contributed by atoms with Crippen molar-refractivity contribution in [1.29, 1.82) is 0 Å². The van der Waals surface area contributed by atoms with Gasteiger partial charge in [-0.05, 0) is 37.2 Å². The van der Waals surface area contributed by atoms with Crippen LogP contribution in [0.3, 0.4) is 0 Å². The van der Waals surface area contributed by atoms with E-state index in [1.54, 1.807) is 12.1 Å². The molecule has 0 radical (unpaired) electrons. The van der Waals surface area contributed by atoms with E-state index >= 15 is 0 Å². The number of benzene rings is 1. The van der Waals surface area contributed by atoms with Gasteiger partial charge in [0.25, 0.3) is 0 Å². The van der Waals surface area contributed by atoms with E-state index in [1.165, 1.54) is 0 Å². The quantitative estimate of drug-likeness (QED) is 0.649. The lowest BCUT2D eigenvalue weighted by molar-refractivity contribution is 0.100. The third-order valence-corrected chi connectivity index (χ3v) is 3.68. The number of anilines is 1. The number of piperazine rings is 1. The molecule has 1 saturated heterocycles. The van der Waals surface area contributed by atoms with Crippen molar-refractivity contribution in [3.63, 3.8) is 0 Å². The fraction of sp³-hybridized carbons (Fsp3) is 0.438. The molecular weight excluding hydrogens is 250 g/mol. The van der Waals surface area contributed by atoms with E-state index in [9.17, 15) is 4.79 Å². The van der Waals surface area contributed by atoms with Crippen LogP contribution in [-0.2, 0) is 0 Å². The number of hydrogen-bond acceptors (Lipinski definition) is 3. The van der Waals surface area contributed by atoms with Gasteiger partial charge in [0.05, 0.1) is 0 Å². The Balaban J connectivity index is 1.84. The van der Waals surface area contributed by atoms with Gasteiger partial charge in [-0.25, -0.2) is 0 Å². The second-order valence-corrected chi connectivity index (χ2v) is 5.05. The van der Waals surface area contributed by atoms with Gasteiger partial charge in [0, 0.05) is 43.9 Å². The van der Waals surface area contributed by atoms with E-state index < -0.39 is 0 Å². The third-order valence-electron chi connectivity index (χ3n) is 3.68. The monoisotopic (exact) mass is 271 g/mol. The fourth-order valence-electron chi connectivity index (χ4n) is 2.47. The molecule has 4 heteroatoms. The molecule has 1 amide bonds. The van der Waals surface area contributed by atoms with E-state index in [0.717, 1.165) is 51.3 Å². The van der Waals surface area contributed by atoms with Crippen LogP contribution in [0.15, 0.2) is 24.3 Å². The molecule has 1 aromatic carbocycles. The Labute approximate surface area is 120 Å². The van der Waals surface area contributed by atoms with Crippen LogP contribution in [0.2, 0.25) is 0 Å². The lowest BCUT2D eigenvalue weighted by Gasteiger charge is -2.36. The zero-order chi connectivity index (χ0) is 14.4. The first-order valence-electron chi connectivity index (χ1n) is 7.01. The lowest BCUT2D eigenvalue weighted by atomic mass is 10.1. The van der Waals surface area contributed by atoms with E-state index in [4.69, 9.17) is 12.2 Å². The van der Waals surface area contributed by atoms with Crippen molar-refractivity contribution < 1.29 is 4.79 Å². The minimum absolute atomic E-state index is 0.380. The van der Waals surface area contributed by atoms with Crippen molar-refractivity contribution in [1.82, 2.24) is 4.90 Å². The minimum atomic E-state index is -0.380. The molecule has 4 nitrogen and oxygen atoms in total. The van der Waals surface area contributed by atoms with Crippen LogP contribution in [0.4, 0.5) is 5.69 Å². The van der Waals surface area contributed by atoms with E-state index in [-0.39, 0.29) is 5.91 Å². The summed E-state index contributed by atoms with van der Waals surface area (Å²) in [6, 6.07) is 7.51. The lowest BCUT2D eigenvalue weighted by Crippen LogP contribution is -2.46. The molecular formula is C16H21N3O. The second-order valence-electron chi connectivity index (χ2n) is 5.05. The van der Waals surface area contributed by atoms with Gasteiger partial charge >= 0.3 is 0 Å². The summed E-state index contributed by atoms with van der Waals surface area (Å²) < 4.78 is 0. The molecule has 1 aromatic rings. The van der Waals surface area contributed by atoms with Crippen LogP contribution in [0.25, 0.3) is 0 Å². The zero-order valence-corrected chi connectivity index (χ0v) is 11.7. The summed E-state index contributed by atoms with van der Waals surface area (Å²) in [5.74, 6) is 2.30. The maximum atomic E-state index is 11.0. The maximum absolute atomic E-state index is 11.0. The highest BCUT2D eigenvalue weighted by Crippen LogP contribution is 2.17. The predicted molar refractivity (Wildman–Crippen MR) is 81.7 cm³/mol. The first kappa shape index (κ1) is 14.4. The highest BCUT2D eigenvalue weighted by molar-refractivity contribution is 5.93. The summed E-state index contributed by atoms with van der Waals surface area (Å²) in [5, 5.41) is 0. The molecule has 0 spiro atoms. The minimum Gasteiger partial charge on any atom is -0.369 e. The Hall–Kier alpha value is -1.99. The van der Waals surface area contributed by atoms with Crippen molar-refractivity contribution in [2.24, 2.45) is 5.73 Å². The number of primary amides is 1. The molecule has 0 bridgehead atoms. The Bertz CT molecular complexity index is 481. The van der Waals surface area contributed by atoms with Gasteiger partial charge in [-0.1, -0.05) is 0 Å². The van der Waals surface area contributed by atoms with Crippen molar-refractivity contribution in [2.45, 2.75) is 12.8 Å². The van der Waals surface area contributed by atoms with Crippen molar-refractivity contribution >= 4 is 11.6 Å². The van der Waals surface area contributed by atoms with Crippen molar-refractivity contribution in [3.8, 4) is 12.3 Å². The highest BCUT2D eigenvalue weighted by Gasteiger charge is 2.16. The Morgan fingerprint density at radius 3 is 2.40 bits per heavy atom. The number of nitrogens with two attached hydrogens (primary N) is 1. The molecule has 1 aliphatic heterocycles. The van der Waals surface area contributed by atoms with E-state index in [0.29, 0.717) is 5.56 Å². The van der Waals surface area contributed by atoms with Gasteiger partial charge < -0.3 is 10.6 Å². The van der Waals surface area contributed by atoms with Gasteiger partial charge in [0.15, 0.2) is 0 Å². The van der Waals surface area contributed by atoms with Crippen LogP contribution in [0.1, 0.15) is 23.2 Å². The van der Waals surface area contributed by atoms with Crippen LogP contribution in [-0.4, -0.2) is 43.5 Å². The molecule has 106 valence electrons.